The highest BCUT2D eigenvalue weighted by molar-refractivity contribution is 6.42. The Bertz CT molecular complexity index is 993. The van der Waals surface area contributed by atoms with E-state index in [2.05, 4.69) is 10.6 Å². The predicted molar refractivity (Wildman–Crippen MR) is 120 cm³/mol. The molecule has 5 nitrogen and oxygen atoms in total. The fourth-order valence-electron chi connectivity index (χ4n) is 6.30. The average Bonchev–Trinajstić information content (AvgIpc) is 2.74. The van der Waals surface area contributed by atoms with Gasteiger partial charge < -0.3 is 15.7 Å². The maximum atomic E-state index is 12.9. The summed E-state index contributed by atoms with van der Waals surface area (Å²) in [6.07, 6.45) is 8.21. The number of nitrogens with one attached hydrogen (secondary N) is 2. The van der Waals surface area contributed by atoms with Crippen LogP contribution in [0, 0.1) is 17.8 Å². The number of anilines is 1. The zero-order valence-electron chi connectivity index (χ0n) is 17.5. The van der Waals surface area contributed by atoms with Crippen molar-refractivity contribution in [3.8, 4) is 5.75 Å². The third-order valence-corrected chi connectivity index (χ3v) is 7.17. The Hall–Kier alpha value is -3.08. The van der Waals surface area contributed by atoms with Gasteiger partial charge in [0, 0.05) is 17.3 Å². The van der Waals surface area contributed by atoms with Crippen LogP contribution in [-0.2, 0) is 9.59 Å². The number of hydrogen-bond acceptors (Lipinski definition) is 4. The molecule has 5 heteroatoms. The summed E-state index contributed by atoms with van der Waals surface area (Å²) in [6.45, 7) is 0. The van der Waals surface area contributed by atoms with Crippen LogP contribution in [0.15, 0.2) is 60.7 Å². The molecule has 160 valence electrons. The van der Waals surface area contributed by atoms with Crippen LogP contribution >= 0.6 is 0 Å². The molecule has 2 aromatic rings. The van der Waals surface area contributed by atoms with Gasteiger partial charge in [-0.3, -0.25) is 9.59 Å². The first-order valence-corrected chi connectivity index (χ1v) is 11.2. The summed E-state index contributed by atoms with van der Waals surface area (Å²) in [5.74, 6) is 1.06. The quantitative estimate of drug-likeness (QED) is 0.368. The molecule has 4 bridgehead atoms. The van der Waals surface area contributed by atoms with Gasteiger partial charge in [-0.05, 0) is 74.0 Å². The molecule has 0 spiro atoms. The number of hydrogen-bond donors (Lipinski definition) is 3. The van der Waals surface area contributed by atoms with Gasteiger partial charge in [0.05, 0.1) is 5.69 Å². The van der Waals surface area contributed by atoms with Crippen molar-refractivity contribution in [1.29, 1.82) is 0 Å². The Morgan fingerprint density at radius 3 is 2.06 bits per heavy atom. The number of benzene rings is 2. The molecule has 4 fully saturated rings. The standard InChI is InChI=1S/C26H28N2O3/c29-23-9-5-4-8-21(23)27-22(20-6-2-1-3-7-20)13-24(30)25(31)28-26-14-17-10-18(15-26)12-19(11-17)16-26/h1-9,13,17-19,27,29H,10-12,14-16H2,(H,28,31)/b22-13-. The van der Waals surface area contributed by atoms with E-state index in [-0.39, 0.29) is 11.3 Å². The number of rotatable bonds is 6. The molecule has 0 aromatic heterocycles. The number of phenolic OH excluding ortho intramolecular Hbond substituents is 1. The number of phenols is 1. The van der Waals surface area contributed by atoms with Crippen molar-refractivity contribution < 1.29 is 14.7 Å². The Labute approximate surface area is 182 Å². The van der Waals surface area contributed by atoms with Crippen molar-refractivity contribution in [2.24, 2.45) is 17.8 Å². The molecule has 4 aliphatic rings. The molecule has 3 N–H and O–H groups in total. The topological polar surface area (TPSA) is 78.4 Å². The second-order valence-corrected chi connectivity index (χ2v) is 9.58. The van der Waals surface area contributed by atoms with Crippen molar-refractivity contribution in [2.75, 3.05) is 5.32 Å². The van der Waals surface area contributed by atoms with Crippen LogP contribution in [0.2, 0.25) is 0 Å². The second-order valence-electron chi connectivity index (χ2n) is 9.58. The minimum absolute atomic E-state index is 0.0785. The number of ketones is 1. The average molecular weight is 417 g/mol. The van der Waals surface area contributed by atoms with Crippen LogP contribution in [0.25, 0.3) is 5.70 Å². The largest absolute Gasteiger partial charge is 0.506 e. The zero-order valence-corrected chi connectivity index (χ0v) is 17.5. The summed E-state index contributed by atoms with van der Waals surface area (Å²) in [7, 11) is 0. The molecule has 0 saturated heterocycles. The van der Waals surface area contributed by atoms with Crippen molar-refractivity contribution in [2.45, 2.75) is 44.1 Å². The van der Waals surface area contributed by atoms with Crippen molar-refractivity contribution in [1.82, 2.24) is 5.32 Å². The minimum atomic E-state index is -0.572. The van der Waals surface area contributed by atoms with E-state index >= 15 is 0 Å². The van der Waals surface area contributed by atoms with Gasteiger partial charge in [-0.1, -0.05) is 42.5 Å². The third-order valence-electron chi connectivity index (χ3n) is 7.17. The van der Waals surface area contributed by atoms with E-state index < -0.39 is 11.7 Å². The first-order chi connectivity index (χ1) is 15.0. The van der Waals surface area contributed by atoms with Crippen molar-refractivity contribution >= 4 is 23.1 Å². The van der Waals surface area contributed by atoms with Gasteiger partial charge in [0.25, 0.3) is 5.91 Å². The lowest BCUT2D eigenvalue weighted by atomic mass is 9.53. The highest BCUT2D eigenvalue weighted by Gasteiger charge is 2.51. The first-order valence-electron chi connectivity index (χ1n) is 11.2. The van der Waals surface area contributed by atoms with Gasteiger partial charge in [-0.2, -0.15) is 0 Å². The van der Waals surface area contributed by atoms with E-state index in [1.807, 2.05) is 30.3 Å². The molecule has 0 unspecified atom stereocenters. The van der Waals surface area contributed by atoms with Crippen LogP contribution in [0.5, 0.6) is 5.75 Å². The smallest absolute Gasteiger partial charge is 0.292 e. The zero-order chi connectivity index (χ0) is 21.4. The van der Waals surface area contributed by atoms with E-state index in [1.54, 1.807) is 24.3 Å². The molecule has 0 atom stereocenters. The van der Waals surface area contributed by atoms with Gasteiger partial charge in [0.2, 0.25) is 5.78 Å². The number of carbonyl (C=O) groups is 2. The minimum Gasteiger partial charge on any atom is -0.506 e. The second kappa shape index (κ2) is 7.88. The summed E-state index contributed by atoms with van der Waals surface area (Å²) in [5.41, 5.74) is 1.52. The van der Waals surface area contributed by atoms with Gasteiger partial charge in [0.1, 0.15) is 5.75 Å². The van der Waals surface area contributed by atoms with Crippen LogP contribution in [0.3, 0.4) is 0 Å². The van der Waals surface area contributed by atoms with Crippen LogP contribution in [0.4, 0.5) is 5.69 Å². The maximum Gasteiger partial charge on any atom is 0.292 e. The summed E-state index contributed by atoms with van der Waals surface area (Å²) in [6, 6.07) is 16.2. The number of carbonyl (C=O) groups excluding carboxylic acids is 2. The van der Waals surface area contributed by atoms with E-state index in [0.717, 1.165) is 24.8 Å². The predicted octanol–water partition coefficient (Wildman–Crippen LogP) is 4.50. The molecule has 31 heavy (non-hydrogen) atoms. The number of amides is 1. The maximum absolute atomic E-state index is 12.9. The SMILES string of the molecule is O=C(/C=C(\Nc1ccccc1O)c1ccccc1)C(=O)NC12CC3CC(CC(C3)C1)C2. The monoisotopic (exact) mass is 416 g/mol. The van der Waals surface area contributed by atoms with Crippen molar-refractivity contribution in [3.63, 3.8) is 0 Å². The van der Waals surface area contributed by atoms with E-state index in [9.17, 15) is 14.7 Å². The molecule has 0 aliphatic heterocycles. The Kier molecular flexibility index (Phi) is 5.05. The van der Waals surface area contributed by atoms with Crippen LogP contribution in [-0.4, -0.2) is 22.3 Å². The Morgan fingerprint density at radius 1 is 0.871 bits per heavy atom. The first kappa shape index (κ1) is 19.9. The van der Waals surface area contributed by atoms with Gasteiger partial charge >= 0.3 is 0 Å². The molecular weight excluding hydrogens is 388 g/mol. The molecule has 0 heterocycles. The summed E-state index contributed by atoms with van der Waals surface area (Å²) in [4.78, 5) is 25.9. The Balaban J connectivity index is 1.37. The molecule has 0 radical (unpaired) electrons. The van der Waals surface area contributed by atoms with Crippen LogP contribution < -0.4 is 10.6 Å². The molecule has 6 rings (SSSR count). The lowest BCUT2D eigenvalue weighted by Crippen LogP contribution is -2.60. The summed E-state index contributed by atoms with van der Waals surface area (Å²) >= 11 is 0. The highest BCUT2D eigenvalue weighted by atomic mass is 16.3. The summed E-state index contributed by atoms with van der Waals surface area (Å²) < 4.78 is 0. The van der Waals surface area contributed by atoms with E-state index in [1.165, 1.54) is 25.3 Å². The van der Waals surface area contributed by atoms with Gasteiger partial charge in [0.15, 0.2) is 0 Å². The van der Waals surface area contributed by atoms with Crippen molar-refractivity contribution in [3.05, 3.63) is 66.2 Å². The molecule has 1 amide bonds. The summed E-state index contributed by atoms with van der Waals surface area (Å²) in [5, 5.41) is 16.4. The fraction of sp³-hybridized carbons (Fsp3) is 0.385. The van der Waals surface area contributed by atoms with Gasteiger partial charge in [-0.15, -0.1) is 0 Å². The molecule has 4 saturated carbocycles. The van der Waals surface area contributed by atoms with E-state index in [4.69, 9.17) is 0 Å². The highest BCUT2D eigenvalue weighted by Crippen LogP contribution is 2.55. The fourth-order valence-corrected chi connectivity index (χ4v) is 6.30. The normalized spacial score (nSPS) is 28.9. The van der Waals surface area contributed by atoms with E-state index in [0.29, 0.717) is 29.1 Å². The van der Waals surface area contributed by atoms with Crippen LogP contribution in [0.1, 0.15) is 44.1 Å². The molecule has 2 aromatic carbocycles. The number of para-hydroxylation sites is 2. The molecule has 4 aliphatic carbocycles. The Morgan fingerprint density at radius 2 is 1.45 bits per heavy atom. The third kappa shape index (κ3) is 4.09. The lowest BCUT2D eigenvalue weighted by Gasteiger charge is -2.56. The molecular formula is C26H28N2O3. The lowest BCUT2D eigenvalue weighted by molar-refractivity contribution is -0.138. The van der Waals surface area contributed by atoms with Gasteiger partial charge in [-0.25, -0.2) is 0 Å². The number of aromatic hydroxyl groups is 1.